The smallest absolute Gasteiger partial charge is 0.244 e. The molecular weight excluding hydrogens is 334 g/mol. The van der Waals surface area contributed by atoms with Crippen LogP contribution in [-0.2, 0) is 11.3 Å². The zero-order chi connectivity index (χ0) is 17.5. The highest BCUT2D eigenvalue weighted by Crippen LogP contribution is 2.16. The molecule has 4 nitrogen and oxygen atoms in total. The number of benzene rings is 1. The van der Waals surface area contributed by atoms with Crippen LogP contribution in [-0.4, -0.2) is 15.9 Å². The standard InChI is InChI=1S/C20H16ClN3O/c21-18-6-2-1-4-16(18)8-10-20(25)24-13-15-7-9-19(23-12-15)17-5-3-11-22-14-17/h1-12,14H,13H2,(H,24,25). The van der Waals surface area contributed by atoms with E-state index in [0.29, 0.717) is 11.6 Å². The van der Waals surface area contributed by atoms with Gasteiger partial charge < -0.3 is 5.32 Å². The molecule has 0 fully saturated rings. The molecule has 25 heavy (non-hydrogen) atoms. The summed E-state index contributed by atoms with van der Waals surface area (Å²) in [6.45, 7) is 0.409. The van der Waals surface area contributed by atoms with E-state index in [1.807, 2.05) is 42.5 Å². The third-order valence-corrected chi connectivity index (χ3v) is 3.91. The van der Waals surface area contributed by atoms with E-state index in [1.165, 1.54) is 6.08 Å². The van der Waals surface area contributed by atoms with E-state index in [2.05, 4.69) is 15.3 Å². The van der Waals surface area contributed by atoms with Crippen LogP contribution in [0.2, 0.25) is 5.02 Å². The van der Waals surface area contributed by atoms with E-state index < -0.39 is 0 Å². The molecule has 1 aromatic carbocycles. The van der Waals surface area contributed by atoms with Gasteiger partial charge in [0.1, 0.15) is 0 Å². The molecule has 0 atom stereocenters. The van der Waals surface area contributed by atoms with E-state index in [9.17, 15) is 4.79 Å². The molecule has 0 unspecified atom stereocenters. The Kier molecular flexibility index (Phi) is 5.54. The van der Waals surface area contributed by atoms with Crippen molar-refractivity contribution in [3.8, 4) is 11.3 Å². The quantitative estimate of drug-likeness (QED) is 0.705. The SMILES string of the molecule is O=C(C=Cc1ccccc1Cl)NCc1ccc(-c2cccnc2)nc1. The van der Waals surface area contributed by atoms with Gasteiger partial charge in [0.25, 0.3) is 0 Å². The molecule has 2 heterocycles. The number of halogens is 1. The van der Waals surface area contributed by atoms with E-state index >= 15 is 0 Å². The Balaban J connectivity index is 1.56. The second kappa shape index (κ2) is 8.22. The van der Waals surface area contributed by atoms with Gasteiger partial charge in [-0.2, -0.15) is 0 Å². The summed E-state index contributed by atoms with van der Waals surface area (Å²) in [6, 6.07) is 15.0. The lowest BCUT2D eigenvalue weighted by molar-refractivity contribution is -0.116. The van der Waals surface area contributed by atoms with Gasteiger partial charge in [-0.25, -0.2) is 0 Å². The number of nitrogens with zero attached hydrogens (tertiary/aromatic N) is 2. The Bertz CT molecular complexity index is 877. The zero-order valence-corrected chi connectivity index (χ0v) is 14.1. The molecule has 3 rings (SSSR count). The van der Waals surface area contributed by atoms with Crippen LogP contribution in [0, 0.1) is 0 Å². The van der Waals surface area contributed by atoms with Crippen LogP contribution in [0.1, 0.15) is 11.1 Å². The molecular formula is C20H16ClN3O. The minimum Gasteiger partial charge on any atom is -0.348 e. The first-order valence-electron chi connectivity index (χ1n) is 7.78. The maximum atomic E-state index is 11.9. The van der Waals surface area contributed by atoms with Gasteiger partial charge in [0.15, 0.2) is 0 Å². The zero-order valence-electron chi connectivity index (χ0n) is 13.4. The van der Waals surface area contributed by atoms with Crippen molar-refractivity contribution in [3.63, 3.8) is 0 Å². The van der Waals surface area contributed by atoms with Gasteiger partial charge >= 0.3 is 0 Å². The molecule has 0 aliphatic carbocycles. The van der Waals surface area contributed by atoms with Gasteiger partial charge in [-0.3, -0.25) is 14.8 Å². The highest BCUT2D eigenvalue weighted by atomic mass is 35.5. The van der Waals surface area contributed by atoms with Crippen molar-refractivity contribution in [2.24, 2.45) is 0 Å². The van der Waals surface area contributed by atoms with Crippen molar-refractivity contribution in [2.45, 2.75) is 6.54 Å². The maximum absolute atomic E-state index is 11.9. The van der Waals surface area contributed by atoms with E-state index in [4.69, 9.17) is 11.6 Å². The molecule has 124 valence electrons. The average Bonchev–Trinajstić information content (AvgIpc) is 2.67. The molecule has 0 bridgehead atoms. The fourth-order valence-electron chi connectivity index (χ4n) is 2.24. The predicted molar refractivity (Wildman–Crippen MR) is 99.8 cm³/mol. The summed E-state index contributed by atoms with van der Waals surface area (Å²) in [5, 5.41) is 3.44. The van der Waals surface area contributed by atoms with Gasteiger partial charge in [0.2, 0.25) is 5.91 Å². The van der Waals surface area contributed by atoms with Crippen LogP contribution in [0.5, 0.6) is 0 Å². The number of rotatable bonds is 5. The van der Waals surface area contributed by atoms with Gasteiger partial charge in [-0.15, -0.1) is 0 Å². The second-order valence-corrected chi connectivity index (χ2v) is 5.77. The fourth-order valence-corrected chi connectivity index (χ4v) is 2.44. The van der Waals surface area contributed by atoms with Crippen LogP contribution in [0.3, 0.4) is 0 Å². The van der Waals surface area contributed by atoms with Crippen molar-refractivity contribution < 1.29 is 4.79 Å². The largest absolute Gasteiger partial charge is 0.348 e. The summed E-state index contributed by atoms with van der Waals surface area (Å²) in [4.78, 5) is 20.4. The van der Waals surface area contributed by atoms with Crippen molar-refractivity contribution in [2.75, 3.05) is 0 Å². The number of amides is 1. The Hall–Kier alpha value is -2.98. The predicted octanol–water partition coefficient (Wildman–Crippen LogP) is 4.13. The number of pyridine rings is 2. The van der Waals surface area contributed by atoms with Gasteiger partial charge in [0, 0.05) is 41.8 Å². The topological polar surface area (TPSA) is 54.9 Å². The molecule has 0 saturated carbocycles. The number of carbonyl (C=O) groups is 1. The Morgan fingerprint density at radius 1 is 1.08 bits per heavy atom. The van der Waals surface area contributed by atoms with Crippen LogP contribution < -0.4 is 5.32 Å². The molecule has 0 saturated heterocycles. The summed E-state index contributed by atoms with van der Waals surface area (Å²) in [6.07, 6.45) is 8.41. The van der Waals surface area contributed by atoms with Crippen LogP contribution in [0.15, 0.2) is 73.2 Å². The summed E-state index contributed by atoms with van der Waals surface area (Å²) >= 11 is 6.05. The molecule has 0 radical (unpaired) electrons. The molecule has 1 amide bonds. The van der Waals surface area contributed by atoms with E-state index in [0.717, 1.165) is 22.4 Å². The Morgan fingerprint density at radius 3 is 2.68 bits per heavy atom. The minimum absolute atomic E-state index is 0.184. The van der Waals surface area contributed by atoms with Crippen molar-refractivity contribution in [3.05, 3.63) is 89.3 Å². The number of carbonyl (C=O) groups excluding carboxylic acids is 1. The Morgan fingerprint density at radius 2 is 1.96 bits per heavy atom. The first-order chi connectivity index (χ1) is 12.2. The lowest BCUT2D eigenvalue weighted by atomic mass is 10.1. The number of aromatic nitrogens is 2. The molecule has 0 spiro atoms. The third kappa shape index (κ3) is 4.75. The summed E-state index contributed by atoms with van der Waals surface area (Å²) < 4.78 is 0. The maximum Gasteiger partial charge on any atom is 0.244 e. The number of hydrogen-bond donors (Lipinski definition) is 1. The monoisotopic (exact) mass is 349 g/mol. The van der Waals surface area contributed by atoms with Gasteiger partial charge in [0.05, 0.1) is 5.69 Å². The second-order valence-electron chi connectivity index (χ2n) is 5.37. The molecule has 1 N–H and O–H groups in total. The van der Waals surface area contributed by atoms with Gasteiger partial charge in [-0.05, 0) is 41.5 Å². The lowest BCUT2D eigenvalue weighted by Crippen LogP contribution is -2.20. The average molecular weight is 350 g/mol. The van der Waals surface area contributed by atoms with Gasteiger partial charge in [-0.1, -0.05) is 35.9 Å². The molecule has 5 heteroatoms. The van der Waals surface area contributed by atoms with E-state index in [-0.39, 0.29) is 5.91 Å². The highest BCUT2D eigenvalue weighted by molar-refractivity contribution is 6.32. The minimum atomic E-state index is -0.184. The van der Waals surface area contributed by atoms with E-state index in [1.54, 1.807) is 30.7 Å². The first kappa shape index (κ1) is 16.9. The number of hydrogen-bond acceptors (Lipinski definition) is 3. The molecule has 0 aliphatic heterocycles. The fraction of sp³-hybridized carbons (Fsp3) is 0.0500. The van der Waals surface area contributed by atoms with Crippen LogP contribution in [0.25, 0.3) is 17.3 Å². The normalized spacial score (nSPS) is 10.8. The molecule has 3 aromatic rings. The molecule has 2 aromatic heterocycles. The van der Waals surface area contributed by atoms with Crippen molar-refractivity contribution >= 4 is 23.6 Å². The Labute approximate surface area is 151 Å². The highest BCUT2D eigenvalue weighted by Gasteiger charge is 2.01. The number of nitrogens with one attached hydrogen (secondary N) is 1. The van der Waals surface area contributed by atoms with Crippen molar-refractivity contribution in [1.29, 1.82) is 0 Å². The summed E-state index contributed by atoms with van der Waals surface area (Å²) in [7, 11) is 0. The lowest BCUT2D eigenvalue weighted by Gasteiger charge is -2.04. The van der Waals surface area contributed by atoms with Crippen LogP contribution in [0.4, 0.5) is 0 Å². The summed E-state index contributed by atoms with van der Waals surface area (Å²) in [5.74, 6) is -0.184. The summed E-state index contributed by atoms with van der Waals surface area (Å²) in [5.41, 5.74) is 3.54. The first-order valence-corrected chi connectivity index (χ1v) is 8.16. The third-order valence-electron chi connectivity index (χ3n) is 3.57. The molecule has 0 aliphatic rings. The van der Waals surface area contributed by atoms with Crippen LogP contribution >= 0.6 is 11.6 Å². The van der Waals surface area contributed by atoms with Crippen molar-refractivity contribution in [1.82, 2.24) is 15.3 Å².